The molecule has 1 amide bonds. The van der Waals surface area contributed by atoms with Crippen LogP contribution in [-0.2, 0) is 11.2 Å². The van der Waals surface area contributed by atoms with Crippen molar-refractivity contribution in [3.8, 4) is 0 Å². The molecule has 1 heterocycles. The molecule has 1 atom stereocenters. The number of nitrogens with zero attached hydrogens (tertiary/aromatic N) is 2. The van der Waals surface area contributed by atoms with Crippen molar-refractivity contribution in [3.05, 3.63) is 39.9 Å². The van der Waals surface area contributed by atoms with Crippen LogP contribution in [0.25, 0.3) is 0 Å². The number of likely N-dealkylation sites (tertiary alicyclic amines) is 1. The number of rotatable bonds is 5. The number of benzene rings is 1. The van der Waals surface area contributed by atoms with Gasteiger partial charge in [-0.1, -0.05) is 18.2 Å². The van der Waals surface area contributed by atoms with Crippen LogP contribution in [0.15, 0.2) is 24.3 Å². The van der Waals surface area contributed by atoms with Crippen molar-refractivity contribution >= 4 is 11.6 Å². The second-order valence-corrected chi connectivity index (χ2v) is 5.84. The van der Waals surface area contributed by atoms with Gasteiger partial charge in [0, 0.05) is 36.8 Å². The van der Waals surface area contributed by atoms with Gasteiger partial charge < -0.3 is 5.32 Å². The maximum Gasteiger partial charge on any atom is 0.273 e. The molecule has 0 unspecified atom stereocenters. The zero-order valence-corrected chi connectivity index (χ0v) is 11.8. The fraction of sp³-hybridized carbons (Fsp3) is 0.533. The van der Waals surface area contributed by atoms with E-state index < -0.39 is 4.92 Å². The summed E-state index contributed by atoms with van der Waals surface area (Å²) in [4.78, 5) is 25.0. The lowest BCUT2D eigenvalue weighted by Crippen LogP contribution is -2.38. The first-order valence-electron chi connectivity index (χ1n) is 7.39. The summed E-state index contributed by atoms with van der Waals surface area (Å²) in [5, 5.41) is 13.9. The van der Waals surface area contributed by atoms with Crippen molar-refractivity contribution in [3.63, 3.8) is 0 Å². The first-order chi connectivity index (χ1) is 10.1. The molecule has 3 rings (SSSR count). The largest absolute Gasteiger partial charge is 0.352 e. The minimum absolute atomic E-state index is 0.0127. The van der Waals surface area contributed by atoms with Crippen LogP contribution in [0.1, 0.15) is 24.8 Å². The Morgan fingerprint density at radius 3 is 2.81 bits per heavy atom. The summed E-state index contributed by atoms with van der Waals surface area (Å²) in [7, 11) is 0. The van der Waals surface area contributed by atoms with Crippen molar-refractivity contribution in [2.24, 2.45) is 0 Å². The van der Waals surface area contributed by atoms with Crippen LogP contribution in [0.2, 0.25) is 0 Å². The molecule has 2 fully saturated rings. The van der Waals surface area contributed by atoms with Gasteiger partial charge in [0.25, 0.3) is 5.69 Å². The Hall–Kier alpha value is -1.95. The smallest absolute Gasteiger partial charge is 0.273 e. The molecule has 1 aliphatic carbocycles. The molecule has 0 aromatic heterocycles. The normalized spacial score (nSPS) is 22.2. The van der Waals surface area contributed by atoms with E-state index in [0.29, 0.717) is 5.56 Å². The van der Waals surface area contributed by atoms with Crippen LogP contribution in [0.4, 0.5) is 5.69 Å². The number of amides is 1. The van der Waals surface area contributed by atoms with Gasteiger partial charge >= 0.3 is 0 Å². The van der Waals surface area contributed by atoms with Crippen molar-refractivity contribution < 1.29 is 9.72 Å². The SMILES string of the molecule is O=C(Cc1ccccc1[N+](=O)[O-])N[C@H]1CCN(C2CC2)C1. The molecule has 2 aliphatic rings. The highest BCUT2D eigenvalue weighted by molar-refractivity contribution is 5.80. The van der Waals surface area contributed by atoms with Crippen molar-refractivity contribution in [1.29, 1.82) is 0 Å². The summed E-state index contributed by atoms with van der Waals surface area (Å²) in [6.45, 7) is 1.95. The highest BCUT2D eigenvalue weighted by Crippen LogP contribution is 2.29. The van der Waals surface area contributed by atoms with Gasteiger partial charge in [-0.25, -0.2) is 0 Å². The number of nitro groups is 1. The zero-order chi connectivity index (χ0) is 14.8. The number of carbonyl (C=O) groups is 1. The number of carbonyl (C=O) groups excluding carboxylic acids is 1. The van der Waals surface area contributed by atoms with E-state index in [1.807, 2.05) is 0 Å². The first kappa shape index (κ1) is 14.0. The minimum atomic E-state index is -0.437. The second-order valence-electron chi connectivity index (χ2n) is 5.84. The third kappa shape index (κ3) is 3.39. The molecule has 1 aliphatic heterocycles. The molecule has 1 saturated carbocycles. The molecular formula is C15H19N3O3. The van der Waals surface area contributed by atoms with E-state index in [4.69, 9.17) is 0 Å². The van der Waals surface area contributed by atoms with E-state index in [1.165, 1.54) is 18.9 Å². The topological polar surface area (TPSA) is 75.5 Å². The summed E-state index contributed by atoms with van der Waals surface area (Å²) in [6.07, 6.45) is 3.59. The lowest BCUT2D eigenvalue weighted by atomic mass is 10.1. The molecule has 0 radical (unpaired) electrons. The van der Waals surface area contributed by atoms with E-state index in [-0.39, 0.29) is 24.1 Å². The van der Waals surface area contributed by atoms with Crippen molar-refractivity contribution in [2.75, 3.05) is 13.1 Å². The second kappa shape index (κ2) is 5.81. The van der Waals surface area contributed by atoms with Gasteiger partial charge in [-0.2, -0.15) is 0 Å². The van der Waals surface area contributed by atoms with Crippen LogP contribution in [0.5, 0.6) is 0 Å². The third-order valence-electron chi connectivity index (χ3n) is 4.19. The quantitative estimate of drug-likeness (QED) is 0.658. The van der Waals surface area contributed by atoms with Gasteiger partial charge in [-0.05, 0) is 19.3 Å². The fourth-order valence-corrected chi connectivity index (χ4v) is 2.97. The standard InChI is InChI=1S/C15H19N3O3/c19-15(9-11-3-1-2-4-14(11)18(20)21)16-12-7-8-17(10-12)13-5-6-13/h1-4,12-13H,5-10H2,(H,16,19)/t12-/m0/s1. The maximum atomic E-state index is 12.1. The Kier molecular flexibility index (Phi) is 3.88. The summed E-state index contributed by atoms with van der Waals surface area (Å²) < 4.78 is 0. The fourth-order valence-electron chi connectivity index (χ4n) is 2.97. The first-order valence-corrected chi connectivity index (χ1v) is 7.39. The van der Waals surface area contributed by atoms with E-state index in [2.05, 4.69) is 10.2 Å². The Bertz CT molecular complexity index is 557. The Morgan fingerprint density at radius 2 is 2.10 bits per heavy atom. The predicted molar refractivity (Wildman–Crippen MR) is 77.9 cm³/mol. The Labute approximate surface area is 123 Å². The Balaban J connectivity index is 1.56. The third-order valence-corrected chi connectivity index (χ3v) is 4.19. The van der Waals surface area contributed by atoms with Gasteiger partial charge in [0.2, 0.25) is 5.91 Å². The van der Waals surface area contributed by atoms with Crippen LogP contribution < -0.4 is 5.32 Å². The van der Waals surface area contributed by atoms with Crippen molar-refractivity contribution in [2.45, 2.75) is 37.8 Å². The number of hydrogen-bond acceptors (Lipinski definition) is 4. The monoisotopic (exact) mass is 289 g/mol. The highest BCUT2D eigenvalue weighted by atomic mass is 16.6. The number of nitrogens with one attached hydrogen (secondary N) is 1. The van der Waals surface area contributed by atoms with E-state index in [0.717, 1.165) is 25.6 Å². The summed E-state index contributed by atoms with van der Waals surface area (Å²) in [5.41, 5.74) is 0.482. The van der Waals surface area contributed by atoms with Crippen LogP contribution in [0, 0.1) is 10.1 Å². The average Bonchev–Trinajstić information content (AvgIpc) is 3.20. The minimum Gasteiger partial charge on any atom is -0.352 e. The van der Waals surface area contributed by atoms with E-state index in [9.17, 15) is 14.9 Å². The lowest BCUT2D eigenvalue weighted by molar-refractivity contribution is -0.385. The molecule has 21 heavy (non-hydrogen) atoms. The molecular weight excluding hydrogens is 270 g/mol. The molecule has 0 bridgehead atoms. The van der Waals surface area contributed by atoms with Gasteiger partial charge in [-0.15, -0.1) is 0 Å². The van der Waals surface area contributed by atoms with E-state index in [1.54, 1.807) is 18.2 Å². The van der Waals surface area contributed by atoms with Crippen LogP contribution in [-0.4, -0.2) is 40.9 Å². The van der Waals surface area contributed by atoms with Gasteiger partial charge in [0.1, 0.15) is 0 Å². The molecule has 1 aromatic rings. The van der Waals surface area contributed by atoms with Gasteiger partial charge in [0.15, 0.2) is 0 Å². The Morgan fingerprint density at radius 1 is 1.33 bits per heavy atom. The van der Waals surface area contributed by atoms with Gasteiger partial charge in [-0.3, -0.25) is 19.8 Å². The number of nitro benzene ring substituents is 1. The zero-order valence-electron chi connectivity index (χ0n) is 11.8. The van der Waals surface area contributed by atoms with Crippen LogP contribution in [0.3, 0.4) is 0 Å². The molecule has 112 valence electrons. The molecule has 0 spiro atoms. The number of para-hydroxylation sites is 1. The van der Waals surface area contributed by atoms with Crippen molar-refractivity contribution in [1.82, 2.24) is 10.2 Å². The maximum absolute atomic E-state index is 12.1. The van der Waals surface area contributed by atoms with Gasteiger partial charge in [0.05, 0.1) is 11.3 Å². The molecule has 1 aromatic carbocycles. The average molecular weight is 289 g/mol. The molecule has 6 heteroatoms. The summed E-state index contributed by atoms with van der Waals surface area (Å²) >= 11 is 0. The highest BCUT2D eigenvalue weighted by Gasteiger charge is 2.34. The van der Waals surface area contributed by atoms with E-state index >= 15 is 0 Å². The molecule has 1 saturated heterocycles. The predicted octanol–water partition coefficient (Wildman–Crippen LogP) is 1.49. The molecule has 6 nitrogen and oxygen atoms in total. The molecule has 1 N–H and O–H groups in total. The number of hydrogen-bond donors (Lipinski definition) is 1. The summed E-state index contributed by atoms with van der Waals surface area (Å²) in [6, 6.07) is 7.32. The summed E-state index contributed by atoms with van der Waals surface area (Å²) in [5.74, 6) is -0.132. The van der Waals surface area contributed by atoms with Crippen LogP contribution >= 0.6 is 0 Å². The lowest BCUT2D eigenvalue weighted by Gasteiger charge is -2.15.